The normalized spacial score (nSPS) is 10.3. The lowest BCUT2D eigenvalue weighted by molar-refractivity contribution is 1.33. The van der Waals surface area contributed by atoms with Gasteiger partial charge in [-0.1, -0.05) is 30.9 Å². The summed E-state index contributed by atoms with van der Waals surface area (Å²) in [7, 11) is 0. The summed E-state index contributed by atoms with van der Waals surface area (Å²) in [5.41, 5.74) is 9.22. The van der Waals surface area contributed by atoms with E-state index in [-0.39, 0.29) is 11.5 Å². The number of hydrazone groups is 1. The fourth-order valence-electron chi connectivity index (χ4n) is 1.04. The van der Waals surface area contributed by atoms with Crippen LogP contribution >= 0.6 is 0 Å². The van der Waals surface area contributed by atoms with Gasteiger partial charge in [0.1, 0.15) is 6.07 Å². The van der Waals surface area contributed by atoms with Gasteiger partial charge >= 0.3 is 0 Å². The van der Waals surface area contributed by atoms with Crippen LogP contribution in [0, 0.1) is 16.7 Å². The molecule has 0 aliphatic rings. The van der Waals surface area contributed by atoms with Crippen LogP contribution < -0.4 is 11.2 Å². The van der Waals surface area contributed by atoms with Gasteiger partial charge in [-0.15, -0.1) is 0 Å². The van der Waals surface area contributed by atoms with E-state index in [0.717, 1.165) is 5.56 Å². The average Bonchev–Trinajstić information content (AvgIpc) is 2.30. The molecule has 5 nitrogen and oxygen atoms in total. The molecular formula is C11H11N5. The molecule has 1 rings (SSSR count). The van der Waals surface area contributed by atoms with Crippen molar-refractivity contribution in [1.82, 2.24) is 0 Å². The fraction of sp³-hybridized carbons (Fsp3) is 0. The third kappa shape index (κ3) is 2.69. The highest BCUT2D eigenvalue weighted by Crippen LogP contribution is 2.15. The number of nitrogens with one attached hydrogen (secondary N) is 2. The maximum absolute atomic E-state index is 8.64. The molecule has 4 N–H and O–H groups in total. The molecule has 0 aromatic heterocycles. The average molecular weight is 213 g/mol. The fourth-order valence-corrected chi connectivity index (χ4v) is 1.04. The van der Waals surface area contributed by atoms with Crippen molar-refractivity contribution in [2.45, 2.75) is 0 Å². The zero-order chi connectivity index (χ0) is 12.0. The Bertz CT molecular complexity index is 481. The molecule has 0 heterocycles. The van der Waals surface area contributed by atoms with Crippen molar-refractivity contribution in [3.05, 3.63) is 36.4 Å². The van der Waals surface area contributed by atoms with Crippen LogP contribution in [0.2, 0.25) is 0 Å². The molecule has 0 amide bonds. The van der Waals surface area contributed by atoms with Gasteiger partial charge in [0.25, 0.3) is 0 Å². The van der Waals surface area contributed by atoms with E-state index in [9.17, 15) is 0 Å². The van der Waals surface area contributed by atoms with Crippen LogP contribution in [0.25, 0.3) is 6.08 Å². The Kier molecular flexibility index (Phi) is 3.81. The number of nitriles is 1. The van der Waals surface area contributed by atoms with Crippen LogP contribution in [0.3, 0.4) is 0 Å². The summed E-state index contributed by atoms with van der Waals surface area (Å²) in [5.74, 6) is -0.369. The Morgan fingerprint density at radius 2 is 2.25 bits per heavy atom. The Morgan fingerprint density at radius 1 is 1.56 bits per heavy atom. The summed E-state index contributed by atoms with van der Waals surface area (Å²) in [6, 6.07) is 9.05. The van der Waals surface area contributed by atoms with Crippen LogP contribution in [0.15, 0.2) is 35.9 Å². The molecule has 80 valence electrons. The third-order valence-corrected chi connectivity index (χ3v) is 1.83. The number of hydrogen-bond acceptors (Lipinski definition) is 4. The smallest absolute Gasteiger partial charge is 0.201 e. The summed E-state index contributed by atoms with van der Waals surface area (Å²) >= 11 is 0. The van der Waals surface area contributed by atoms with Crippen molar-refractivity contribution in [3.8, 4) is 6.07 Å². The summed E-state index contributed by atoms with van der Waals surface area (Å²) in [6.45, 7) is 3.65. The number of hydrogen-bond donors (Lipinski definition) is 3. The van der Waals surface area contributed by atoms with Gasteiger partial charge in [-0.05, 0) is 11.6 Å². The molecule has 0 radical (unpaired) electrons. The molecule has 0 saturated carbocycles. The minimum absolute atomic E-state index is 0.154. The predicted molar refractivity (Wildman–Crippen MR) is 65.1 cm³/mol. The summed E-state index contributed by atoms with van der Waals surface area (Å²) in [4.78, 5) is 0. The van der Waals surface area contributed by atoms with E-state index in [1.807, 2.05) is 18.2 Å². The summed E-state index contributed by atoms with van der Waals surface area (Å²) in [6.07, 6.45) is 1.66. The zero-order valence-electron chi connectivity index (χ0n) is 8.57. The Hall–Kier alpha value is -2.61. The second-order valence-corrected chi connectivity index (χ2v) is 2.89. The molecule has 0 aliphatic heterocycles. The van der Waals surface area contributed by atoms with Gasteiger partial charge in [0.15, 0.2) is 5.84 Å². The number of benzene rings is 1. The first-order chi connectivity index (χ1) is 7.69. The lowest BCUT2D eigenvalue weighted by Crippen LogP contribution is -2.21. The van der Waals surface area contributed by atoms with Crippen molar-refractivity contribution >= 4 is 23.3 Å². The van der Waals surface area contributed by atoms with Crippen molar-refractivity contribution in [3.63, 3.8) is 0 Å². The molecule has 0 fully saturated rings. The SMILES string of the molecule is C=Cc1ccccc1N/N=C(\C#N)C(=N)N. The number of para-hydroxylation sites is 1. The second-order valence-electron chi connectivity index (χ2n) is 2.89. The number of rotatable bonds is 4. The van der Waals surface area contributed by atoms with E-state index in [2.05, 4.69) is 17.1 Å². The van der Waals surface area contributed by atoms with Crippen LogP contribution in [0.4, 0.5) is 5.69 Å². The van der Waals surface area contributed by atoms with Crippen LogP contribution in [-0.4, -0.2) is 11.5 Å². The molecule has 0 bridgehead atoms. The van der Waals surface area contributed by atoms with Gasteiger partial charge in [-0.3, -0.25) is 10.8 Å². The quantitative estimate of drug-likeness (QED) is 0.402. The topological polar surface area (TPSA) is 98.0 Å². The van der Waals surface area contributed by atoms with E-state index in [4.69, 9.17) is 16.4 Å². The van der Waals surface area contributed by atoms with Crippen molar-refractivity contribution in [2.75, 3.05) is 5.43 Å². The lowest BCUT2D eigenvalue weighted by Gasteiger charge is -2.04. The van der Waals surface area contributed by atoms with Gasteiger partial charge in [0, 0.05) is 0 Å². The van der Waals surface area contributed by atoms with Crippen molar-refractivity contribution in [2.24, 2.45) is 10.8 Å². The molecule has 0 saturated heterocycles. The number of nitrogens with two attached hydrogens (primary N) is 1. The van der Waals surface area contributed by atoms with Crippen molar-refractivity contribution < 1.29 is 0 Å². The molecule has 0 aliphatic carbocycles. The van der Waals surface area contributed by atoms with E-state index in [0.29, 0.717) is 5.69 Å². The van der Waals surface area contributed by atoms with Crippen LogP contribution in [0.1, 0.15) is 5.56 Å². The first kappa shape index (κ1) is 11.5. The lowest BCUT2D eigenvalue weighted by atomic mass is 10.2. The molecule has 0 atom stereocenters. The van der Waals surface area contributed by atoms with Crippen molar-refractivity contribution in [1.29, 1.82) is 10.7 Å². The minimum Gasteiger partial charge on any atom is -0.382 e. The largest absolute Gasteiger partial charge is 0.382 e. The summed E-state index contributed by atoms with van der Waals surface area (Å²) in [5, 5.41) is 19.4. The molecule has 0 spiro atoms. The minimum atomic E-state index is -0.369. The van der Waals surface area contributed by atoms with Crippen LogP contribution in [0.5, 0.6) is 0 Å². The molecule has 16 heavy (non-hydrogen) atoms. The highest BCUT2D eigenvalue weighted by atomic mass is 15.3. The van der Waals surface area contributed by atoms with Gasteiger partial charge in [0.05, 0.1) is 5.69 Å². The van der Waals surface area contributed by atoms with Gasteiger partial charge < -0.3 is 5.73 Å². The first-order valence-corrected chi connectivity index (χ1v) is 4.48. The molecular weight excluding hydrogens is 202 g/mol. The third-order valence-electron chi connectivity index (χ3n) is 1.83. The molecule has 0 unspecified atom stereocenters. The number of anilines is 1. The van der Waals surface area contributed by atoms with Gasteiger partial charge in [0.2, 0.25) is 5.71 Å². The maximum atomic E-state index is 8.64. The van der Waals surface area contributed by atoms with E-state index in [1.54, 1.807) is 18.2 Å². The Labute approximate surface area is 93.4 Å². The highest BCUT2D eigenvalue weighted by Gasteiger charge is 2.01. The monoisotopic (exact) mass is 213 g/mol. The Morgan fingerprint density at radius 3 is 2.81 bits per heavy atom. The zero-order valence-corrected chi connectivity index (χ0v) is 8.57. The van der Waals surface area contributed by atoms with Gasteiger partial charge in [-0.2, -0.15) is 10.4 Å². The Balaban J connectivity index is 2.94. The standard InChI is InChI=1S/C11H11N5/c1-2-8-5-3-4-6-9(8)15-16-10(7-12)11(13)14/h2-6,15H,1H2,(H3,13,14)/b16-10+. The number of nitrogens with zero attached hydrogens (tertiary/aromatic N) is 2. The van der Waals surface area contributed by atoms with Gasteiger partial charge in [-0.25, -0.2) is 0 Å². The number of amidine groups is 1. The second kappa shape index (κ2) is 5.32. The van der Waals surface area contributed by atoms with E-state index >= 15 is 0 Å². The molecule has 1 aromatic carbocycles. The van der Waals surface area contributed by atoms with E-state index in [1.165, 1.54) is 0 Å². The molecule has 1 aromatic rings. The highest BCUT2D eigenvalue weighted by molar-refractivity contribution is 6.45. The van der Waals surface area contributed by atoms with Crippen LogP contribution in [-0.2, 0) is 0 Å². The first-order valence-electron chi connectivity index (χ1n) is 4.48. The predicted octanol–water partition coefficient (Wildman–Crippen LogP) is 1.56. The summed E-state index contributed by atoms with van der Waals surface area (Å²) < 4.78 is 0. The van der Waals surface area contributed by atoms with E-state index < -0.39 is 0 Å². The maximum Gasteiger partial charge on any atom is 0.201 e. The molecule has 5 heteroatoms.